The Labute approximate surface area is 147 Å². The maximum Gasteiger partial charge on any atom is 0.330 e. The zero-order valence-corrected chi connectivity index (χ0v) is 14.2. The maximum atomic E-state index is 12.5. The van der Waals surface area contributed by atoms with E-state index in [0.29, 0.717) is 31.5 Å². The van der Waals surface area contributed by atoms with Crippen molar-refractivity contribution in [1.82, 2.24) is 10.2 Å². The molecule has 134 valence electrons. The Morgan fingerprint density at radius 2 is 1.64 bits per heavy atom. The lowest BCUT2D eigenvalue weighted by atomic mass is 9.83. The molecule has 0 spiro atoms. The van der Waals surface area contributed by atoms with Gasteiger partial charge in [0.15, 0.2) is 6.04 Å². The lowest BCUT2D eigenvalue weighted by molar-refractivity contribution is -0.144. The van der Waals surface area contributed by atoms with Gasteiger partial charge in [0.05, 0.1) is 0 Å². The Morgan fingerprint density at radius 1 is 1.00 bits per heavy atom. The van der Waals surface area contributed by atoms with Crippen LogP contribution in [0.4, 0.5) is 0 Å². The van der Waals surface area contributed by atoms with Crippen LogP contribution in [0.15, 0.2) is 30.3 Å². The average Bonchev–Trinajstić information content (AvgIpc) is 2.58. The average molecular weight is 344 g/mol. The van der Waals surface area contributed by atoms with E-state index in [1.165, 1.54) is 0 Å². The van der Waals surface area contributed by atoms with Crippen molar-refractivity contribution in [2.45, 2.75) is 38.1 Å². The van der Waals surface area contributed by atoms with Crippen LogP contribution in [0.1, 0.15) is 43.7 Å². The molecule has 1 saturated carbocycles. The molecule has 2 N–H and O–H groups in total. The zero-order valence-electron chi connectivity index (χ0n) is 14.2. The third kappa shape index (κ3) is 4.00. The second-order valence-corrected chi connectivity index (χ2v) is 6.92. The lowest BCUT2D eigenvalue weighted by Crippen LogP contribution is -2.47. The molecule has 1 aromatic rings. The molecule has 0 radical (unpaired) electrons. The van der Waals surface area contributed by atoms with E-state index >= 15 is 0 Å². The maximum absolute atomic E-state index is 12.5. The number of piperidine rings is 1. The SMILES string of the molecule is O=C(NC(C(=O)O)c1ccccc1)C1CCN(C(=O)C2CCC2)CC1. The molecule has 6 heteroatoms. The van der Waals surface area contributed by atoms with Gasteiger partial charge in [-0.2, -0.15) is 0 Å². The van der Waals surface area contributed by atoms with Crippen molar-refractivity contribution >= 4 is 17.8 Å². The lowest BCUT2D eigenvalue weighted by Gasteiger charge is -2.36. The predicted molar refractivity (Wildman–Crippen MR) is 91.6 cm³/mol. The van der Waals surface area contributed by atoms with Gasteiger partial charge in [0.1, 0.15) is 0 Å². The van der Waals surface area contributed by atoms with Crippen molar-refractivity contribution in [3.63, 3.8) is 0 Å². The number of nitrogens with zero attached hydrogens (tertiary/aromatic N) is 1. The minimum Gasteiger partial charge on any atom is -0.479 e. The van der Waals surface area contributed by atoms with Crippen molar-refractivity contribution in [1.29, 1.82) is 0 Å². The van der Waals surface area contributed by atoms with Crippen molar-refractivity contribution in [3.8, 4) is 0 Å². The largest absolute Gasteiger partial charge is 0.479 e. The number of carboxylic acid groups (broad SMARTS) is 1. The molecule has 1 unspecified atom stereocenters. The summed E-state index contributed by atoms with van der Waals surface area (Å²) in [4.78, 5) is 38.1. The van der Waals surface area contributed by atoms with Gasteiger partial charge in [0, 0.05) is 24.9 Å². The van der Waals surface area contributed by atoms with Gasteiger partial charge < -0.3 is 15.3 Å². The smallest absolute Gasteiger partial charge is 0.330 e. The molecular formula is C19H24N2O4. The van der Waals surface area contributed by atoms with Crippen molar-refractivity contribution in [2.24, 2.45) is 11.8 Å². The normalized spacial score (nSPS) is 19.8. The number of carboxylic acids is 1. The molecule has 2 aliphatic rings. The fraction of sp³-hybridized carbons (Fsp3) is 0.526. The van der Waals surface area contributed by atoms with Crippen molar-refractivity contribution in [3.05, 3.63) is 35.9 Å². The quantitative estimate of drug-likeness (QED) is 0.855. The van der Waals surface area contributed by atoms with Crippen molar-refractivity contribution < 1.29 is 19.5 Å². The molecule has 1 aliphatic carbocycles. The summed E-state index contributed by atoms with van der Waals surface area (Å²) in [5, 5.41) is 12.1. The Morgan fingerprint density at radius 3 is 2.16 bits per heavy atom. The van der Waals surface area contributed by atoms with Gasteiger partial charge in [0.2, 0.25) is 11.8 Å². The Hall–Kier alpha value is -2.37. The van der Waals surface area contributed by atoms with Crippen molar-refractivity contribution in [2.75, 3.05) is 13.1 Å². The van der Waals surface area contributed by atoms with Gasteiger partial charge in [-0.1, -0.05) is 36.8 Å². The fourth-order valence-corrected chi connectivity index (χ4v) is 3.47. The van der Waals surface area contributed by atoms with Crippen LogP contribution in [0.25, 0.3) is 0 Å². The molecule has 1 heterocycles. The van der Waals surface area contributed by atoms with Gasteiger partial charge in [-0.25, -0.2) is 4.79 Å². The number of hydrogen-bond donors (Lipinski definition) is 2. The minimum absolute atomic E-state index is 0.180. The van der Waals surface area contributed by atoms with E-state index in [2.05, 4.69) is 5.32 Å². The van der Waals surface area contributed by atoms with Crippen LogP contribution in [0.3, 0.4) is 0 Å². The highest BCUT2D eigenvalue weighted by Crippen LogP contribution is 2.30. The van der Waals surface area contributed by atoms with E-state index < -0.39 is 12.0 Å². The first-order chi connectivity index (χ1) is 12.1. The van der Waals surface area contributed by atoms with Gasteiger partial charge >= 0.3 is 5.97 Å². The first-order valence-electron chi connectivity index (χ1n) is 8.93. The van der Waals surface area contributed by atoms with Gasteiger partial charge in [-0.15, -0.1) is 0 Å². The summed E-state index contributed by atoms with van der Waals surface area (Å²) in [6, 6.07) is 7.66. The fourth-order valence-electron chi connectivity index (χ4n) is 3.47. The first-order valence-corrected chi connectivity index (χ1v) is 8.93. The standard InChI is InChI=1S/C19H24N2O4/c22-17(20-16(19(24)25)13-5-2-1-3-6-13)14-9-11-21(12-10-14)18(23)15-7-4-8-15/h1-3,5-6,14-16H,4,7-12H2,(H,20,22)(H,24,25). The van der Waals surface area contributed by atoms with Crippen LogP contribution in [0, 0.1) is 11.8 Å². The molecule has 2 amide bonds. The number of benzene rings is 1. The summed E-state index contributed by atoms with van der Waals surface area (Å²) in [5.74, 6) is -1.15. The summed E-state index contributed by atoms with van der Waals surface area (Å²) in [5.41, 5.74) is 0.556. The number of nitrogens with one attached hydrogen (secondary N) is 1. The van der Waals surface area contributed by atoms with Crippen LogP contribution >= 0.6 is 0 Å². The van der Waals surface area contributed by atoms with Gasteiger partial charge in [0.25, 0.3) is 0 Å². The molecule has 0 aromatic heterocycles. The number of amides is 2. The highest BCUT2D eigenvalue weighted by Gasteiger charge is 2.34. The van der Waals surface area contributed by atoms with Crippen LogP contribution in [0.5, 0.6) is 0 Å². The molecule has 1 aliphatic heterocycles. The molecule has 3 rings (SSSR count). The number of likely N-dealkylation sites (tertiary alicyclic amines) is 1. The number of carbonyl (C=O) groups excluding carboxylic acids is 2. The van der Waals surface area contributed by atoms with E-state index in [0.717, 1.165) is 19.3 Å². The number of hydrogen-bond acceptors (Lipinski definition) is 3. The van der Waals surface area contributed by atoms with E-state index in [-0.39, 0.29) is 23.7 Å². The highest BCUT2D eigenvalue weighted by atomic mass is 16.4. The van der Waals surface area contributed by atoms with Gasteiger partial charge in [-0.3, -0.25) is 9.59 Å². The second-order valence-electron chi connectivity index (χ2n) is 6.92. The molecule has 6 nitrogen and oxygen atoms in total. The summed E-state index contributed by atoms with van der Waals surface area (Å²) in [7, 11) is 0. The minimum atomic E-state index is -1.07. The molecule has 25 heavy (non-hydrogen) atoms. The Kier molecular flexibility index (Phi) is 5.36. The van der Waals surface area contributed by atoms with Crippen LogP contribution < -0.4 is 5.32 Å². The molecule has 1 saturated heterocycles. The Bertz CT molecular complexity index is 634. The first kappa shape index (κ1) is 17.5. The molecular weight excluding hydrogens is 320 g/mol. The van der Waals surface area contributed by atoms with E-state index in [9.17, 15) is 19.5 Å². The van der Waals surface area contributed by atoms with Crippen LogP contribution in [0.2, 0.25) is 0 Å². The number of rotatable bonds is 5. The molecule has 0 bridgehead atoms. The molecule has 1 aromatic carbocycles. The highest BCUT2D eigenvalue weighted by molar-refractivity contribution is 5.86. The topological polar surface area (TPSA) is 86.7 Å². The predicted octanol–water partition coefficient (Wildman–Crippen LogP) is 1.97. The molecule has 2 fully saturated rings. The number of aliphatic carboxylic acids is 1. The summed E-state index contributed by atoms with van der Waals surface area (Å²) in [6.07, 6.45) is 4.27. The van der Waals surface area contributed by atoms with E-state index in [1.807, 2.05) is 4.90 Å². The summed E-state index contributed by atoms with van der Waals surface area (Å²) >= 11 is 0. The monoisotopic (exact) mass is 344 g/mol. The van der Waals surface area contributed by atoms with Gasteiger partial charge in [-0.05, 0) is 31.2 Å². The summed E-state index contributed by atoms with van der Waals surface area (Å²) < 4.78 is 0. The second kappa shape index (κ2) is 7.68. The Balaban J connectivity index is 1.55. The zero-order chi connectivity index (χ0) is 17.8. The third-order valence-electron chi connectivity index (χ3n) is 5.30. The third-order valence-corrected chi connectivity index (χ3v) is 5.30. The number of carbonyl (C=O) groups is 3. The van der Waals surface area contributed by atoms with Crippen LogP contribution in [-0.2, 0) is 14.4 Å². The molecule has 1 atom stereocenters. The van der Waals surface area contributed by atoms with E-state index in [4.69, 9.17) is 0 Å². The summed E-state index contributed by atoms with van der Waals surface area (Å²) in [6.45, 7) is 1.16. The van der Waals surface area contributed by atoms with E-state index in [1.54, 1.807) is 30.3 Å². The van der Waals surface area contributed by atoms with Crippen LogP contribution in [-0.4, -0.2) is 40.9 Å².